The minimum absolute atomic E-state index is 0.145. The number of ether oxygens (including phenoxy) is 1. The van der Waals surface area contributed by atoms with Crippen molar-refractivity contribution in [2.45, 2.75) is 6.92 Å². The Balaban J connectivity index is 2.59. The van der Waals surface area contributed by atoms with Gasteiger partial charge in [-0.2, -0.15) is 4.37 Å². The first kappa shape index (κ1) is 7.14. The number of esters is 1. The topological polar surface area (TPSA) is 52.1 Å². The fourth-order valence-corrected chi connectivity index (χ4v) is 0.872. The molecular formula is C5H6N2O2S. The molecule has 4 nitrogen and oxygen atoms in total. The summed E-state index contributed by atoms with van der Waals surface area (Å²) in [5.41, 5.74) is 1.49. The van der Waals surface area contributed by atoms with Crippen LogP contribution in [0.2, 0.25) is 0 Å². The van der Waals surface area contributed by atoms with Gasteiger partial charge in [-0.1, -0.05) is 0 Å². The molecule has 0 aliphatic heterocycles. The van der Waals surface area contributed by atoms with Crippen LogP contribution >= 0.6 is 11.5 Å². The van der Waals surface area contributed by atoms with Crippen molar-refractivity contribution in [1.29, 1.82) is 0 Å². The molecule has 0 spiro atoms. The lowest BCUT2D eigenvalue weighted by molar-refractivity contribution is 0.0514. The second kappa shape index (κ2) is 3.26. The zero-order valence-corrected chi connectivity index (χ0v) is 6.22. The molecule has 1 aromatic heterocycles. The number of hydrogen-bond donors (Lipinski definition) is 0. The summed E-state index contributed by atoms with van der Waals surface area (Å²) < 4.78 is 8.32. The Labute approximate surface area is 62.0 Å². The summed E-state index contributed by atoms with van der Waals surface area (Å²) in [7, 11) is 0. The molecule has 0 saturated carbocycles. The molecule has 10 heavy (non-hydrogen) atoms. The highest BCUT2D eigenvalue weighted by Gasteiger charge is 2.08. The number of carbonyl (C=O) groups excluding carboxylic acids is 1. The summed E-state index contributed by atoms with van der Waals surface area (Å²) in [5.74, 6) is -0.310. The Morgan fingerprint density at radius 1 is 1.90 bits per heavy atom. The molecule has 0 aromatic carbocycles. The van der Waals surface area contributed by atoms with Crippen LogP contribution in [0.3, 0.4) is 0 Å². The summed E-state index contributed by atoms with van der Waals surface area (Å²) >= 11 is 1.13. The van der Waals surface area contributed by atoms with Gasteiger partial charge in [0, 0.05) is 0 Å². The van der Waals surface area contributed by atoms with E-state index in [9.17, 15) is 4.79 Å². The number of aromatic nitrogens is 2. The smallest absolute Gasteiger partial charge is 0.377 e. The summed E-state index contributed by atoms with van der Waals surface area (Å²) in [5, 5.41) is 0. The molecule has 0 fully saturated rings. The van der Waals surface area contributed by atoms with E-state index in [0.29, 0.717) is 6.61 Å². The average Bonchev–Trinajstić information content (AvgIpc) is 2.38. The van der Waals surface area contributed by atoms with Crippen molar-refractivity contribution in [3.63, 3.8) is 0 Å². The maximum absolute atomic E-state index is 10.8. The summed E-state index contributed by atoms with van der Waals surface area (Å²) in [6.45, 7) is 2.10. The Morgan fingerprint density at radius 2 is 2.70 bits per heavy atom. The van der Waals surface area contributed by atoms with Crippen LogP contribution in [0.25, 0.3) is 0 Å². The molecule has 0 atom stereocenters. The maximum Gasteiger partial charge on any atom is 0.377 e. The fraction of sp³-hybridized carbons (Fsp3) is 0.400. The number of hydrogen-bond acceptors (Lipinski definition) is 5. The zero-order valence-electron chi connectivity index (χ0n) is 5.40. The standard InChI is InChI=1S/C5H6N2O2S/c1-2-9-5(8)4-6-3-10-7-4/h3H,2H2,1H3. The Morgan fingerprint density at radius 3 is 3.20 bits per heavy atom. The van der Waals surface area contributed by atoms with Gasteiger partial charge in [0.05, 0.1) is 6.61 Å². The monoisotopic (exact) mass is 158 g/mol. The van der Waals surface area contributed by atoms with E-state index in [-0.39, 0.29) is 5.82 Å². The van der Waals surface area contributed by atoms with Gasteiger partial charge >= 0.3 is 5.97 Å². The van der Waals surface area contributed by atoms with Crippen LogP contribution in [0, 0.1) is 0 Å². The minimum atomic E-state index is -0.455. The van der Waals surface area contributed by atoms with Crippen LogP contribution in [0.1, 0.15) is 17.5 Å². The van der Waals surface area contributed by atoms with E-state index in [0.717, 1.165) is 11.5 Å². The Kier molecular flexibility index (Phi) is 2.33. The van der Waals surface area contributed by atoms with Gasteiger partial charge in [0.2, 0.25) is 0 Å². The molecule has 54 valence electrons. The van der Waals surface area contributed by atoms with Crippen molar-refractivity contribution < 1.29 is 9.53 Å². The van der Waals surface area contributed by atoms with Gasteiger partial charge in [0.25, 0.3) is 5.82 Å². The van der Waals surface area contributed by atoms with Gasteiger partial charge in [-0.3, -0.25) is 0 Å². The summed E-state index contributed by atoms with van der Waals surface area (Å²) in [6.07, 6.45) is 0. The van der Waals surface area contributed by atoms with E-state index in [1.165, 1.54) is 5.51 Å². The highest BCUT2D eigenvalue weighted by atomic mass is 32.1. The lowest BCUT2D eigenvalue weighted by Crippen LogP contribution is -2.05. The molecule has 0 radical (unpaired) electrons. The molecule has 0 amide bonds. The molecule has 0 aliphatic carbocycles. The fourth-order valence-electron chi connectivity index (χ4n) is 0.456. The molecule has 1 heterocycles. The number of carbonyl (C=O) groups is 1. The van der Waals surface area contributed by atoms with E-state index >= 15 is 0 Å². The number of rotatable bonds is 2. The first-order valence-corrected chi connectivity index (χ1v) is 3.61. The van der Waals surface area contributed by atoms with Crippen LogP contribution in [-0.4, -0.2) is 21.9 Å². The quantitative estimate of drug-likeness (QED) is 0.595. The van der Waals surface area contributed by atoms with Crippen LogP contribution in [0.4, 0.5) is 0 Å². The van der Waals surface area contributed by atoms with Gasteiger partial charge < -0.3 is 4.74 Å². The number of nitrogens with zero attached hydrogens (tertiary/aromatic N) is 2. The Hall–Kier alpha value is -0.970. The first-order valence-electron chi connectivity index (χ1n) is 2.78. The normalized spacial score (nSPS) is 9.30. The molecule has 0 saturated heterocycles. The van der Waals surface area contributed by atoms with Crippen molar-refractivity contribution >= 4 is 17.5 Å². The minimum Gasteiger partial charge on any atom is -0.460 e. The average molecular weight is 158 g/mol. The SMILES string of the molecule is CCOC(=O)c1ncsn1. The molecule has 0 unspecified atom stereocenters. The largest absolute Gasteiger partial charge is 0.460 e. The summed E-state index contributed by atoms with van der Waals surface area (Å²) in [4.78, 5) is 14.4. The van der Waals surface area contributed by atoms with Crippen molar-refractivity contribution in [1.82, 2.24) is 9.36 Å². The van der Waals surface area contributed by atoms with Crippen molar-refractivity contribution in [2.75, 3.05) is 6.61 Å². The first-order chi connectivity index (χ1) is 4.84. The molecule has 1 rings (SSSR count). The second-order valence-electron chi connectivity index (χ2n) is 1.48. The summed E-state index contributed by atoms with van der Waals surface area (Å²) in [6, 6.07) is 0. The highest BCUT2D eigenvalue weighted by molar-refractivity contribution is 7.03. The lowest BCUT2D eigenvalue weighted by atomic mass is 10.6. The predicted octanol–water partition coefficient (Wildman–Crippen LogP) is 0.715. The van der Waals surface area contributed by atoms with Crippen LogP contribution in [0.15, 0.2) is 5.51 Å². The van der Waals surface area contributed by atoms with Crippen molar-refractivity contribution in [3.8, 4) is 0 Å². The van der Waals surface area contributed by atoms with Gasteiger partial charge in [0.1, 0.15) is 5.51 Å². The molecule has 1 aromatic rings. The predicted molar refractivity (Wildman–Crippen MR) is 35.9 cm³/mol. The Bertz CT molecular complexity index is 209. The molecule has 5 heteroatoms. The van der Waals surface area contributed by atoms with Crippen molar-refractivity contribution in [3.05, 3.63) is 11.3 Å². The van der Waals surface area contributed by atoms with E-state index in [2.05, 4.69) is 14.1 Å². The maximum atomic E-state index is 10.8. The van der Waals surface area contributed by atoms with Gasteiger partial charge in [-0.15, -0.1) is 0 Å². The molecule has 0 bridgehead atoms. The van der Waals surface area contributed by atoms with Gasteiger partial charge in [-0.25, -0.2) is 9.78 Å². The van der Waals surface area contributed by atoms with Crippen LogP contribution < -0.4 is 0 Å². The van der Waals surface area contributed by atoms with Crippen LogP contribution in [-0.2, 0) is 4.74 Å². The third-order valence-corrected chi connectivity index (χ3v) is 1.30. The van der Waals surface area contributed by atoms with Gasteiger partial charge in [0.15, 0.2) is 0 Å². The zero-order chi connectivity index (χ0) is 7.40. The second-order valence-corrected chi connectivity index (χ2v) is 2.08. The third kappa shape index (κ3) is 1.51. The highest BCUT2D eigenvalue weighted by Crippen LogP contribution is 1.95. The van der Waals surface area contributed by atoms with E-state index in [1.807, 2.05) is 0 Å². The third-order valence-electron chi connectivity index (χ3n) is 0.819. The van der Waals surface area contributed by atoms with Gasteiger partial charge in [-0.05, 0) is 18.5 Å². The van der Waals surface area contributed by atoms with E-state index in [4.69, 9.17) is 0 Å². The van der Waals surface area contributed by atoms with Crippen LogP contribution in [0.5, 0.6) is 0 Å². The van der Waals surface area contributed by atoms with Crippen molar-refractivity contribution in [2.24, 2.45) is 0 Å². The van der Waals surface area contributed by atoms with E-state index in [1.54, 1.807) is 6.92 Å². The lowest BCUT2D eigenvalue weighted by Gasteiger charge is -1.93. The molecular weight excluding hydrogens is 152 g/mol. The molecule has 0 N–H and O–H groups in total. The molecule has 0 aliphatic rings. The van der Waals surface area contributed by atoms with E-state index < -0.39 is 5.97 Å².